The monoisotopic (exact) mass is 304 g/mol. The van der Waals surface area contributed by atoms with Crippen molar-refractivity contribution in [3.8, 4) is 0 Å². The van der Waals surface area contributed by atoms with E-state index in [1.165, 1.54) is 0 Å². The molecule has 0 aliphatic carbocycles. The lowest BCUT2D eigenvalue weighted by Gasteiger charge is -2.26. The molecule has 0 spiro atoms. The molecule has 0 saturated heterocycles. The predicted octanol–water partition coefficient (Wildman–Crippen LogP) is 2.07. The van der Waals surface area contributed by atoms with Crippen LogP contribution in [0.25, 0.3) is 5.65 Å². The molecule has 6 heteroatoms. The zero-order chi connectivity index (χ0) is 16.0. The third-order valence-electron chi connectivity index (χ3n) is 3.75. The van der Waals surface area contributed by atoms with Gasteiger partial charge in [0.15, 0.2) is 11.5 Å². The summed E-state index contributed by atoms with van der Waals surface area (Å²) in [7, 11) is 0. The van der Waals surface area contributed by atoms with E-state index in [0.717, 1.165) is 18.5 Å². The molecule has 22 heavy (non-hydrogen) atoms. The third-order valence-corrected chi connectivity index (χ3v) is 3.75. The molecule has 6 nitrogen and oxygen atoms in total. The highest BCUT2D eigenvalue weighted by Gasteiger charge is 2.28. The number of carbonyl (C=O) groups excluding carboxylic acids is 1. The van der Waals surface area contributed by atoms with E-state index in [2.05, 4.69) is 15.5 Å². The molecule has 2 heterocycles. The van der Waals surface area contributed by atoms with Gasteiger partial charge in [0, 0.05) is 6.20 Å². The maximum Gasteiger partial charge on any atom is 0.223 e. The zero-order valence-corrected chi connectivity index (χ0v) is 13.2. The minimum atomic E-state index is -0.902. The number of amides is 1. The van der Waals surface area contributed by atoms with Gasteiger partial charge in [0.2, 0.25) is 5.91 Å². The summed E-state index contributed by atoms with van der Waals surface area (Å²) >= 11 is 0. The van der Waals surface area contributed by atoms with Gasteiger partial charge in [-0.05, 0) is 25.0 Å². The Balaban J connectivity index is 1.94. The standard InChI is InChI=1S/C16H24N4O2/c1-3-8-16(22,9-4-2)11-15(21)17-12-14-19-18-13-7-5-6-10-20(13)14/h5-7,10,22H,3-4,8-9,11-12H2,1-2H3,(H,17,21). The molecule has 120 valence electrons. The van der Waals surface area contributed by atoms with Crippen LogP contribution in [0, 0.1) is 0 Å². The number of nitrogens with one attached hydrogen (secondary N) is 1. The minimum absolute atomic E-state index is 0.130. The first-order valence-electron chi connectivity index (χ1n) is 7.85. The van der Waals surface area contributed by atoms with Gasteiger partial charge in [0.05, 0.1) is 18.6 Å². The maximum atomic E-state index is 12.1. The fourth-order valence-electron chi connectivity index (χ4n) is 2.78. The van der Waals surface area contributed by atoms with Crippen LogP contribution >= 0.6 is 0 Å². The molecule has 0 aromatic carbocycles. The number of pyridine rings is 1. The minimum Gasteiger partial charge on any atom is -0.389 e. The Morgan fingerprint density at radius 2 is 2.00 bits per heavy atom. The number of rotatable bonds is 8. The van der Waals surface area contributed by atoms with E-state index in [1.54, 1.807) is 0 Å². The molecule has 0 radical (unpaired) electrons. The van der Waals surface area contributed by atoms with Crippen LogP contribution in [0.1, 0.15) is 51.8 Å². The maximum absolute atomic E-state index is 12.1. The van der Waals surface area contributed by atoms with Gasteiger partial charge in [-0.2, -0.15) is 0 Å². The van der Waals surface area contributed by atoms with Crippen LogP contribution in [0.2, 0.25) is 0 Å². The van der Waals surface area contributed by atoms with Crippen molar-refractivity contribution in [3.63, 3.8) is 0 Å². The lowest BCUT2D eigenvalue weighted by molar-refractivity contribution is -0.127. The van der Waals surface area contributed by atoms with Gasteiger partial charge < -0.3 is 10.4 Å². The molecule has 2 N–H and O–H groups in total. The van der Waals surface area contributed by atoms with Crippen LogP contribution in [0.3, 0.4) is 0 Å². The van der Waals surface area contributed by atoms with E-state index < -0.39 is 5.60 Å². The first kappa shape index (κ1) is 16.4. The zero-order valence-electron chi connectivity index (χ0n) is 13.2. The number of carbonyl (C=O) groups is 1. The summed E-state index contributed by atoms with van der Waals surface area (Å²) in [5.41, 5.74) is -0.152. The fourth-order valence-corrected chi connectivity index (χ4v) is 2.78. The third kappa shape index (κ3) is 4.04. The summed E-state index contributed by atoms with van der Waals surface area (Å²) in [5.74, 6) is 0.524. The van der Waals surface area contributed by atoms with E-state index in [4.69, 9.17) is 0 Å². The number of aliphatic hydroxyl groups is 1. The Bertz CT molecular complexity index is 617. The molecule has 0 aliphatic heterocycles. The molecule has 2 rings (SSSR count). The SMILES string of the molecule is CCCC(O)(CCC)CC(=O)NCc1nnc2ccccn12. The highest BCUT2D eigenvalue weighted by molar-refractivity contribution is 5.76. The van der Waals surface area contributed by atoms with Crippen molar-refractivity contribution in [1.29, 1.82) is 0 Å². The topological polar surface area (TPSA) is 79.5 Å². The van der Waals surface area contributed by atoms with E-state index in [1.807, 2.05) is 42.6 Å². The Hall–Kier alpha value is -1.95. The van der Waals surface area contributed by atoms with Crippen LogP contribution in [0.15, 0.2) is 24.4 Å². The summed E-state index contributed by atoms with van der Waals surface area (Å²) in [6.07, 6.45) is 4.99. The van der Waals surface area contributed by atoms with Crippen molar-refractivity contribution in [1.82, 2.24) is 19.9 Å². The van der Waals surface area contributed by atoms with Gasteiger partial charge in [0.1, 0.15) is 0 Å². The van der Waals surface area contributed by atoms with E-state index >= 15 is 0 Å². The van der Waals surface area contributed by atoms with E-state index in [0.29, 0.717) is 25.2 Å². The van der Waals surface area contributed by atoms with Crippen molar-refractivity contribution in [2.45, 2.75) is 58.1 Å². The summed E-state index contributed by atoms with van der Waals surface area (Å²) in [6, 6.07) is 5.64. The fraction of sp³-hybridized carbons (Fsp3) is 0.562. The molecule has 0 bridgehead atoms. The second-order valence-electron chi connectivity index (χ2n) is 5.72. The van der Waals surface area contributed by atoms with Crippen LogP contribution < -0.4 is 5.32 Å². The molecule has 2 aromatic rings. The smallest absolute Gasteiger partial charge is 0.223 e. The van der Waals surface area contributed by atoms with Crippen LogP contribution in [-0.4, -0.2) is 31.2 Å². The Morgan fingerprint density at radius 1 is 1.27 bits per heavy atom. The van der Waals surface area contributed by atoms with Gasteiger partial charge in [-0.3, -0.25) is 9.20 Å². The largest absolute Gasteiger partial charge is 0.389 e. The molecule has 1 amide bonds. The summed E-state index contributed by atoms with van der Waals surface area (Å²) in [5, 5.41) is 21.5. The Kier molecular flexibility index (Phi) is 5.49. The van der Waals surface area contributed by atoms with Crippen LogP contribution in [0.5, 0.6) is 0 Å². The molecule has 0 fully saturated rings. The highest BCUT2D eigenvalue weighted by Crippen LogP contribution is 2.23. The van der Waals surface area contributed by atoms with E-state index in [-0.39, 0.29) is 12.3 Å². The second kappa shape index (κ2) is 7.35. The lowest BCUT2D eigenvalue weighted by atomic mass is 9.89. The van der Waals surface area contributed by atoms with Gasteiger partial charge in [-0.25, -0.2) is 0 Å². The normalized spacial score (nSPS) is 11.8. The quantitative estimate of drug-likeness (QED) is 0.782. The van der Waals surface area contributed by atoms with Crippen LogP contribution in [0.4, 0.5) is 0 Å². The molecule has 0 unspecified atom stereocenters. The van der Waals surface area contributed by atoms with Crippen molar-refractivity contribution in [2.75, 3.05) is 0 Å². The van der Waals surface area contributed by atoms with E-state index in [9.17, 15) is 9.90 Å². The summed E-state index contributed by atoms with van der Waals surface area (Å²) in [4.78, 5) is 12.1. The number of nitrogens with zero attached hydrogens (tertiary/aromatic N) is 3. The second-order valence-corrected chi connectivity index (χ2v) is 5.72. The predicted molar refractivity (Wildman–Crippen MR) is 84.2 cm³/mol. The van der Waals surface area contributed by atoms with Crippen molar-refractivity contribution >= 4 is 11.6 Å². The van der Waals surface area contributed by atoms with Gasteiger partial charge >= 0.3 is 0 Å². The van der Waals surface area contributed by atoms with Crippen molar-refractivity contribution < 1.29 is 9.90 Å². The Labute approximate surface area is 130 Å². The molecule has 2 aromatic heterocycles. The van der Waals surface area contributed by atoms with Crippen molar-refractivity contribution in [3.05, 3.63) is 30.2 Å². The summed E-state index contributed by atoms with van der Waals surface area (Å²) < 4.78 is 1.84. The average Bonchev–Trinajstić information content (AvgIpc) is 2.88. The Morgan fingerprint density at radius 3 is 2.68 bits per heavy atom. The summed E-state index contributed by atoms with van der Waals surface area (Å²) in [6.45, 7) is 4.33. The van der Waals surface area contributed by atoms with Gasteiger partial charge in [-0.1, -0.05) is 32.8 Å². The number of hydrogen-bond donors (Lipinski definition) is 2. The lowest BCUT2D eigenvalue weighted by Crippen LogP contribution is -2.36. The molecule has 0 atom stereocenters. The first-order valence-corrected chi connectivity index (χ1v) is 7.85. The number of aromatic nitrogens is 3. The van der Waals surface area contributed by atoms with Gasteiger partial charge in [-0.15, -0.1) is 10.2 Å². The molecular weight excluding hydrogens is 280 g/mol. The van der Waals surface area contributed by atoms with Crippen LogP contribution in [-0.2, 0) is 11.3 Å². The first-order chi connectivity index (χ1) is 10.6. The highest BCUT2D eigenvalue weighted by atomic mass is 16.3. The molecular formula is C16H24N4O2. The molecule has 0 aliphatic rings. The molecule has 0 saturated carbocycles. The van der Waals surface area contributed by atoms with Crippen molar-refractivity contribution in [2.24, 2.45) is 0 Å². The number of hydrogen-bond acceptors (Lipinski definition) is 4. The average molecular weight is 304 g/mol. The number of fused-ring (bicyclic) bond motifs is 1. The van der Waals surface area contributed by atoms with Gasteiger partial charge in [0.25, 0.3) is 0 Å².